The van der Waals surface area contributed by atoms with E-state index in [1.165, 1.54) is 7.11 Å². The summed E-state index contributed by atoms with van der Waals surface area (Å²) < 4.78 is 9.89. The fraction of sp³-hybridized carbons (Fsp3) is 0.583. The van der Waals surface area contributed by atoms with E-state index in [2.05, 4.69) is 30.8 Å². The Morgan fingerprint density at radius 1 is 1.44 bits per heavy atom. The van der Waals surface area contributed by atoms with Crippen LogP contribution in [-0.4, -0.2) is 19.1 Å². The zero-order valence-corrected chi connectivity index (χ0v) is 10.2. The molecule has 0 aliphatic rings. The van der Waals surface area contributed by atoms with Gasteiger partial charge in [0, 0.05) is 6.04 Å². The first-order chi connectivity index (χ1) is 7.54. The molecule has 1 heterocycles. The van der Waals surface area contributed by atoms with Crippen molar-refractivity contribution < 1.29 is 13.9 Å². The van der Waals surface area contributed by atoms with Gasteiger partial charge in [0.25, 0.3) is 0 Å². The summed E-state index contributed by atoms with van der Waals surface area (Å²) in [4.78, 5) is 11.1. The maximum Gasteiger partial charge on any atom is 0.373 e. The number of nitrogens with one attached hydrogen (secondary N) is 1. The summed E-state index contributed by atoms with van der Waals surface area (Å²) in [5.41, 5.74) is 0. The highest BCUT2D eigenvalue weighted by atomic mass is 16.5. The van der Waals surface area contributed by atoms with Crippen molar-refractivity contribution in [3.63, 3.8) is 0 Å². The molecule has 1 aromatic rings. The normalized spacial score (nSPS) is 12.8. The maximum atomic E-state index is 11.1. The molecule has 0 fully saturated rings. The lowest BCUT2D eigenvalue weighted by molar-refractivity contribution is 0.0562. The Kier molecular flexibility index (Phi) is 4.55. The van der Waals surface area contributed by atoms with E-state index in [1.807, 2.05) is 0 Å². The van der Waals surface area contributed by atoms with Crippen molar-refractivity contribution in [3.8, 4) is 0 Å². The highest BCUT2D eigenvalue weighted by Crippen LogP contribution is 2.10. The van der Waals surface area contributed by atoms with Crippen molar-refractivity contribution in [2.24, 2.45) is 5.92 Å². The van der Waals surface area contributed by atoms with E-state index in [-0.39, 0.29) is 5.76 Å². The fourth-order valence-electron chi connectivity index (χ4n) is 1.18. The molecule has 0 aromatic carbocycles. The maximum absolute atomic E-state index is 11.1. The van der Waals surface area contributed by atoms with Crippen molar-refractivity contribution in [2.45, 2.75) is 33.4 Å². The molecule has 1 rings (SSSR count). The Balaban J connectivity index is 2.49. The predicted molar refractivity (Wildman–Crippen MR) is 61.2 cm³/mol. The van der Waals surface area contributed by atoms with Gasteiger partial charge in [-0.15, -0.1) is 0 Å². The molecule has 0 saturated heterocycles. The average Bonchev–Trinajstić information content (AvgIpc) is 2.73. The molecule has 1 atom stereocenters. The molecule has 90 valence electrons. The van der Waals surface area contributed by atoms with E-state index in [4.69, 9.17) is 4.42 Å². The summed E-state index contributed by atoms with van der Waals surface area (Å²) in [5.74, 6) is 1.11. The first-order valence-corrected chi connectivity index (χ1v) is 5.45. The molecular formula is C12H19NO3. The molecule has 1 aromatic heterocycles. The average molecular weight is 225 g/mol. The molecule has 1 N–H and O–H groups in total. The Morgan fingerprint density at radius 3 is 2.69 bits per heavy atom. The van der Waals surface area contributed by atoms with Gasteiger partial charge < -0.3 is 14.5 Å². The first kappa shape index (κ1) is 12.8. The molecule has 4 nitrogen and oxygen atoms in total. The molecule has 0 spiro atoms. The lowest BCUT2D eigenvalue weighted by Crippen LogP contribution is -2.29. The van der Waals surface area contributed by atoms with Crippen LogP contribution in [0.15, 0.2) is 16.5 Å². The SMILES string of the molecule is COC(=O)c1ccc(CNC(C)C(C)C)o1. The highest BCUT2D eigenvalue weighted by molar-refractivity contribution is 5.86. The molecule has 0 saturated carbocycles. The van der Waals surface area contributed by atoms with Gasteiger partial charge in [-0.05, 0) is 25.0 Å². The largest absolute Gasteiger partial charge is 0.463 e. The Bertz CT molecular complexity index is 344. The van der Waals surface area contributed by atoms with Crippen molar-refractivity contribution >= 4 is 5.97 Å². The number of furan rings is 1. The highest BCUT2D eigenvalue weighted by Gasteiger charge is 2.12. The van der Waals surface area contributed by atoms with Gasteiger partial charge in [0.05, 0.1) is 13.7 Å². The van der Waals surface area contributed by atoms with Crippen LogP contribution in [0.25, 0.3) is 0 Å². The predicted octanol–water partition coefficient (Wildman–Crippen LogP) is 2.20. The third kappa shape index (κ3) is 3.38. The second kappa shape index (κ2) is 5.70. The van der Waals surface area contributed by atoms with E-state index < -0.39 is 5.97 Å². The Labute approximate surface area is 96.0 Å². The van der Waals surface area contributed by atoms with Gasteiger partial charge in [0.1, 0.15) is 5.76 Å². The molecule has 0 aliphatic heterocycles. The summed E-state index contributed by atoms with van der Waals surface area (Å²) in [6.07, 6.45) is 0. The van der Waals surface area contributed by atoms with E-state index in [9.17, 15) is 4.79 Å². The number of carbonyl (C=O) groups excluding carboxylic acids is 1. The van der Waals surface area contributed by atoms with Crippen LogP contribution in [0.4, 0.5) is 0 Å². The minimum absolute atomic E-state index is 0.247. The summed E-state index contributed by atoms with van der Waals surface area (Å²) in [6, 6.07) is 3.82. The van der Waals surface area contributed by atoms with Crippen molar-refractivity contribution in [1.29, 1.82) is 0 Å². The van der Waals surface area contributed by atoms with Gasteiger partial charge in [-0.1, -0.05) is 13.8 Å². The van der Waals surface area contributed by atoms with Crippen LogP contribution in [0.3, 0.4) is 0 Å². The van der Waals surface area contributed by atoms with E-state index in [0.29, 0.717) is 18.5 Å². The Morgan fingerprint density at radius 2 is 2.12 bits per heavy atom. The summed E-state index contributed by atoms with van der Waals surface area (Å²) in [7, 11) is 1.34. The van der Waals surface area contributed by atoms with Crippen molar-refractivity contribution in [3.05, 3.63) is 23.7 Å². The second-order valence-corrected chi connectivity index (χ2v) is 4.17. The first-order valence-electron chi connectivity index (χ1n) is 5.45. The summed E-state index contributed by atoms with van der Waals surface area (Å²) >= 11 is 0. The molecule has 0 amide bonds. The quantitative estimate of drug-likeness (QED) is 0.780. The summed E-state index contributed by atoms with van der Waals surface area (Å²) in [6.45, 7) is 7.05. The van der Waals surface area contributed by atoms with Gasteiger partial charge >= 0.3 is 5.97 Å². The zero-order valence-electron chi connectivity index (χ0n) is 10.2. The second-order valence-electron chi connectivity index (χ2n) is 4.17. The van der Waals surface area contributed by atoms with Crippen molar-refractivity contribution in [2.75, 3.05) is 7.11 Å². The van der Waals surface area contributed by atoms with Crippen LogP contribution < -0.4 is 5.32 Å². The lowest BCUT2D eigenvalue weighted by atomic mass is 10.1. The molecule has 0 radical (unpaired) electrons. The third-order valence-corrected chi connectivity index (χ3v) is 2.65. The lowest BCUT2D eigenvalue weighted by Gasteiger charge is -2.16. The Hall–Kier alpha value is -1.29. The molecule has 16 heavy (non-hydrogen) atoms. The zero-order chi connectivity index (χ0) is 12.1. The van der Waals surface area contributed by atoms with Crippen LogP contribution in [0.1, 0.15) is 37.1 Å². The number of hydrogen-bond acceptors (Lipinski definition) is 4. The van der Waals surface area contributed by atoms with E-state index in [1.54, 1.807) is 12.1 Å². The summed E-state index contributed by atoms with van der Waals surface area (Å²) in [5, 5.41) is 3.32. The van der Waals surface area contributed by atoms with Gasteiger partial charge in [0.15, 0.2) is 0 Å². The number of ether oxygens (including phenoxy) is 1. The van der Waals surface area contributed by atoms with Crippen LogP contribution in [0, 0.1) is 5.92 Å². The number of rotatable bonds is 5. The number of hydrogen-bond donors (Lipinski definition) is 1. The number of methoxy groups -OCH3 is 1. The molecule has 0 bridgehead atoms. The van der Waals surface area contributed by atoms with Gasteiger partial charge in [-0.3, -0.25) is 0 Å². The van der Waals surface area contributed by atoms with E-state index >= 15 is 0 Å². The minimum Gasteiger partial charge on any atom is -0.463 e. The fourth-order valence-corrected chi connectivity index (χ4v) is 1.18. The molecule has 0 aliphatic carbocycles. The number of carbonyl (C=O) groups is 1. The molecule has 1 unspecified atom stereocenters. The van der Waals surface area contributed by atoms with Gasteiger partial charge in [0.2, 0.25) is 5.76 Å². The van der Waals surface area contributed by atoms with Gasteiger partial charge in [-0.2, -0.15) is 0 Å². The van der Waals surface area contributed by atoms with Crippen LogP contribution in [0.5, 0.6) is 0 Å². The standard InChI is InChI=1S/C12H19NO3/c1-8(2)9(3)13-7-10-5-6-11(16-10)12(14)15-4/h5-6,8-9,13H,7H2,1-4H3. The molecule has 4 heteroatoms. The van der Waals surface area contributed by atoms with Crippen molar-refractivity contribution in [1.82, 2.24) is 5.32 Å². The van der Waals surface area contributed by atoms with E-state index in [0.717, 1.165) is 5.76 Å². The third-order valence-electron chi connectivity index (χ3n) is 2.65. The van der Waals surface area contributed by atoms with Crippen LogP contribution in [0.2, 0.25) is 0 Å². The van der Waals surface area contributed by atoms with Gasteiger partial charge in [-0.25, -0.2) is 4.79 Å². The smallest absolute Gasteiger partial charge is 0.373 e. The number of esters is 1. The molecular weight excluding hydrogens is 206 g/mol. The van der Waals surface area contributed by atoms with Crippen LogP contribution in [-0.2, 0) is 11.3 Å². The van der Waals surface area contributed by atoms with Crippen LogP contribution >= 0.6 is 0 Å². The monoisotopic (exact) mass is 225 g/mol. The minimum atomic E-state index is -0.442. The topological polar surface area (TPSA) is 51.5 Å².